The molecule has 0 aromatic heterocycles. The fourth-order valence-electron chi connectivity index (χ4n) is 4.21. The average molecular weight is 468 g/mol. The second-order valence-electron chi connectivity index (χ2n) is 8.14. The third-order valence-electron chi connectivity index (χ3n) is 5.96. The average Bonchev–Trinajstić information content (AvgIpc) is 2.77. The first-order chi connectivity index (χ1) is 15.1. The summed E-state index contributed by atoms with van der Waals surface area (Å²) in [6.45, 7) is 3.42. The second kappa shape index (κ2) is 8.40. The van der Waals surface area contributed by atoms with Crippen LogP contribution < -0.4 is 4.90 Å². The number of anilines is 1. The predicted octanol–water partition coefficient (Wildman–Crippen LogP) is 2.95. The van der Waals surface area contributed by atoms with Gasteiger partial charge in [-0.15, -0.1) is 0 Å². The van der Waals surface area contributed by atoms with Gasteiger partial charge in [-0.05, 0) is 54.3 Å². The quantitative estimate of drug-likeness (QED) is 0.697. The minimum Gasteiger partial charge on any atom is -0.369 e. The molecule has 0 spiro atoms. The Kier molecular flexibility index (Phi) is 5.93. The molecule has 1 amide bonds. The van der Waals surface area contributed by atoms with Crippen molar-refractivity contribution < 1.29 is 26.4 Å². The molecule has 0 atom stereocenters. The summed E-state index contributed by atoms with van der Waals surface area (Å²) in [4.78, 5) is 14.5. The van der Waals surface area contributed by atoms with Gasteiger partial charge in [0.05, 0.1) is 4.90 Å². The van der Waals surface area contributed by atoms with Gasteiger partial charge in [-0.3, -0.25) is 4.79 Å². The van der Waals surface area contributed by atoms with E-state index in [0.717, 1.165) is 21.7 Å². The zero-order chi connectivity index (χ0) is 23.1. The summed E-state index contributed by atoms with van der Waals surface area (Å²) in [6, 6.07) is 12.6. The standard InChI is InChI=1S/C22H24F3N3O3S/c1-16-3-2-4-19(13-16)26-9-11-28(12-10-26)32(30,31)20-6-5-17-7-8-27(15-18(17)14-20)21(29)22(23,24)25/h2-6,13-14H,7-12,15H2,1H3. The first-order valence-corrected chi connectivity index (χ1v) is 11.8. The Morgan fingerprint density at radius 3 is 2.31 bits per heavy atom. The van der Waals surface area contributed by atoms with E-state index in [1.165, 1.54) is 16.4 Å². The molecule has 0 N–H and O–H groups in total. The first kappa shape index (κ1) is 22.6. The number of carbonyl (C=O) groups excluding carboxylic acids is 1. The number of aryl methyl sites for hydroxylation is 1. The van der Waals surface area contributed by atoms with Crippen molar-refractivity contribution in [2.75, 3.05) is 37.6 Å². The summed E-state index contributed by atoms with van der Waals surface area (Å²) in [5.41, 5.74) is 3.38. The van der Waals surface area contributed by atoms with Gasteiger partial charge in [0.25, 0.3) is 0 Å². The van der Waals surface area contributed by atoms with Crippen molar-refractivity contribution in [1.29, 1.82) is 0 Å². The lowest BCUT2D eigenvalue weighted by Crippen LogP contribution is -2.48. The van der Waals surface area contributed by atoms with Gasteiger partial charge in [0.2, 0.25) is 10.0 Å². The van der Waals surface area contributed by atoms with E-state index in [1.807, 2.05) is 25.1 Å². The molecule has 0 unspecified atom stereocenters. The Hall–Kier alpha value is -2.59. The van der Waals surface area contributed by atoms with Crippen LogP contribution in [-0.4, -0.2) is 62.4 Å². The molecule has 0 saturated carbocycles. The smallest absolute Gasteiger partial charge is 0.369 e. The van der Waals surface area contributed by atoms with Gasteiger partial charge in [-0.1, -0.05) is 18.2 Å². The van der Waals surface area contributed by atoms with Crippen molar-refractivity contribution in [2.24, 2.45) is 0 Å². The largest absolute Gasteiger partial charge is 0.471 e. The third-order valence-corrected chi connectivity index (χ3v) is 7.86. The van der Waals surface area contributed by atoms with E-state index >= 15 is 0 Å². The number of sulfonamides is 1. The maximum absolute atomic E-state index is 13.2. The molecule has 2 heterocycles. The van der Waals surface area contributed by atoms with Crippen molar-refractivity contribution in [1.82, 2.24) is 9.21 Å². The molecular formula is C22H24F3N3O3S. The number of nitrogens with zero attached hydrogens (tertiary/aromatic N) is 3. The Bertz CT molecular complexity index is 1130. The number of halogens is 3. The van der Waals surface area contributed by atoms with E-state index < -0.39 is 22.1 Å². The molecule has 1 saturated heterocycles. The Morgan fingerprint density at radius 2 is 1.66 bits per heavy atom. The maximum Gasteiger partial charge on any atom is 0.471 e. The molecule has 0 radical (unpaired) electrons. The zero-order valence-corrected chi connectivity index (χ0v) is 18.4. The number of hydrogen-bond donors (Lipinski definition) is 0. The summed E-state index contributed by atoms with van der Waals surface area (Å²) in [5, 5.41) is 0. The first-order valence-electron chi connectivity index (χ1n) is 10.4. The minimum absolute atomic E-state index is 0.0431. The van der Waals surface area contributed by atoms with Crippen molar-refractivity contribution >= 4 is 21.6 Å². The fourth-order valence-corrected chi connectivity index (χ4v) is 5.68. The molecule has 0 aliphatic carbocycles. The van der Waals surface area contributed by atoms with Crippen LogP contribution in [0.4, 0.5) is 18.9 Å². The van der Waals surface area contributed by atoms with Gasteiger partial charge < -0.3 is 9.80 Å². The van der Waals surface area contributed by atoms with Crippen LogP contribution in [0, 0.1) is 6.92 Å². The molecular weight excluding hydrogens is 443 g/mol. The zero-order valence-electron chi connectivity index (χ0n) is 17.6. The number of rotatable bonds is 3. The molecule has 0 bridgehead atoms. The van der Waals surface area contributed by atoms with Gasteiger partial charge in [0, 0.05) is 45.0 Å². The van der Waals surface area contributed by atoms with Gasteiger partial charge in [-0.25, -0.2) is 8.42 Å². The summed E-state index contributed by atoms with van der Waals surface area (Å²) >= 11 is 0. The van der Waals surface area contributed by atoms with Crippen LogP contribution in [0.25, 0.3) is 0 Å². The lowest BCUT2D eigenvalue weighted by molar-refractivity contribution is -0.186. The van der Waals surface area contributed by atoms with Crippen LogP contribution in [0.15, 0.2) is 47.4 Å². The molecule has 1 fully saturated rings. The number of amides is 1. The van der Waals surface area contributed by atoms with E-state index in [9.17, 15) is 26.4 Å². The lowest BCUT2D eigenvalue weighted by Gasteiger charge is -2.36. The van der Waals surface area contributed by atoms with Crippen LogP contribution in [0.1, 0.15) is 16.7 Å². The molecule has 32 heavy (non-hydrogen) atoms. The summed E-state index contributed by atoms with van der Waals surface area (Å²) < 4.78 is 66.2. The summed E-state index contributed by atoms with van der Waals surface area (Å²) in [7, 11) is -3.79. The molecule has 2 aliphatic heterocycles. The highest BCUT2D eigenvalue weighted by molar-refractivity contribution is 7.89. The molecule has 2 aromatic carbocycles. The molecule has 6 nitrogen and oxygen atoms in total. The SMILES string of the molecule is Cc1cccc(N2CCN(S(=O)(=O)c3ccc4c(c3)CN(C(=O)C(F)(F)F)CC4)CC2)c1. The number of piperazine rings is 1. The van der Waals surface area contributed by atoms with Crippen molar-refractivity contribution in [3.8, 4) is 0 Å². The number of alkyl halides is 3. The van der Waals surface area contributed by atoms with Crippen LogP contribution in [0.2, 0.25) is 0 Å². The van der Waals surface area contributed by atoms with E-state index in [0.29, 0.717) is 31.7 Å². The van der Waals surface area contributed by atoms with E-state index in [-0.39, 0.29) is 24.4 Å². The highest BCUT2D eigenvalue weighted by Crippen LogP contribution is 2.28. The maximum atomic E-state index is 13.2. The molecule has 10 heteroatoms. The van der Waals surface area contributed by atoms with Crippen LogP contribution in [0.3, 0.4) is 0 Å². The number of carbonyl (C=O) groups is 1. The van der Waals surface area contributed by atoms with Crippen molar-refractivity contribution in [2.45, 2.75) is 31.0 Å². The van der Waals surface area contributed by atoms with Crippen molar-refractivity contribution in [3.63, 3.8) is 0 Å². The van der Waals surface area contributed by atoms with Crippen molar-refractivity contribution in [3.05, 3.63) is 59.2 Å². The fraction of sp³-hybridized carbons (Fsp3) is 0.409. The Morgan fingerprint density at radius 1 is 0.938 bits per heavy atom. The van der Waals surface area contributed by atoms with Crippen LogP contribution in [0.5, 0.6) is 0 Å². The minimum atomic E-state index is -4.95. The van der Waals surface area contributed by atoms with Gasteiger partial charge in [-0.2, -0.15) is 17.5 Å². The Balaban J connectivity index is 1.49. The predicted molar refractivity (Wildman–Crippen MR) is 114 cm³/mol. The van der Waals surface area contributed by atoms with Gasteiger partial charge in [0.1, 0.15) is 0 Å². The van der Waals surface area contributed by atoms with Crippen LogP contribution in [-0.2, 0) is 27.8 Å². The normalized spacial score (nSPS) is 17.9. The highest BCUT2D eigenvalue weighted by atomic mass is 32.2. The van der Waals surface area contributed by atoms with Gasteiger partial charge >= 0.3 is 12.1 Å². The molecule has 172 valence electrons. The van der Waals surface area contributed by atoms with E-state index in [4.69, 9.17) is 0 Å². The summed E-state index contributed by atoms with van der Waals surface area (Å²) in [6.07, 6.45) is -4.69. The monoisotopic (exact) mass is 467 g/mol. The Labute approximate surface area is 185 Å². The number of fused-ring (bicyclic) bond motifs is 1. The summed E-state index contributed by atoms with van der Waals surface area (Å²) in [5.74, 6) is -1.90. The number of hydrogen-bond acceptors (Lipinski definition) is 4. The second-order valence-corrected chi connectivity index (χ2v) is 10.1. The highest BCUT2D eigenvalue weighted by Gasteiger charge is 2.43. The molecule has 2 aliphatic rings. The molecule has 2 aromatic rings. The van der Waals surface area contributed by atoms with Gasteiger partial charge in [0.15, 0.2) is 0 Å². The lowest BCUT2D eigenvalue weighted by atomic mass is 10.00. The van der Waals surface area contributed by atoms with Crippen LogP contribution >= 0.6 is 0 Å². The topological polar surface area (TPSA) is 60.9 Å². The van der Waals surface area contributed by atoms with E-state index in [2.05, 4.69) is 11.0 Å². The number of benzene rings is 2. The van der Waals surface area contributed by atoms with E-state index in [1.54, 1.807) is 6.07 Å². The molecule has 4 rings (SSSR count). The third kappa shape index (κ3) is 4.47.